The monoisotopic (exact) mass is 481 g/mol. The highest BCUT2D eigenvalue weighted by atomic mass is 127. The molecule has 136 valence electrons. The summed E-state index contributed by atoms with van der Waals surface area (Å²) in [5.41, 5.74) is 0.691. The van der Waals surface area contributed by atoms with Gasteiger partial charge < -0.3 is 24.8 Å². The molecular weight excluding hydrogens is 464 g/mol. The van der Waals surface area contributed by atoms with Gasteiger partial charge in [-0.1, -0.05) is 0 Å². The Morgan fingerprint density at radius 3 is 2.92 bits per heavy atom. The minimum atomic E-state index is -4.63. The summed E-state index contributed by atoms with van der Waals surface area (Å²) in [4.78, 5) is 31.5. The quantitative estimate of drug-likeness (QED) is 0.278. The van der Waals surface area contributed by atoms with Gasteiger partial charge in [-0.3, -0.25) is 4.52 Å². The maximum Gasteiger partial charge on any atom is 0.469 e. The molecule has 0 aliphatic heterocycles. The molecule has 0 aromatic carbocycles. The molecule has 4 atom stereocenters. The lowest BCUT2D eigenvalue weighted by Crippen LogP contribution is -2.25. The van der Waals surface area contributed by atoms with E-state index in [0.29, 0.717) is 33.7 Å². The Morgan fingerprint density at radius 2 is 2.28 bits per heavy atom. The molecule has 2 fully saturated rings. The summed E-state index contributed by atoms with van der Waals surface area (Å²) in [5.74, 6) is 0.690. The van der Waals surface area contributed by atoms with Crippen LogP contribution in [0.5, 0.6) is 0 Å². The number of hydrogen-bond acceptors (Lipinski definition) is 7. The third-order valence-corrected chi connectivity index (χ3v) is 6.30. The average Bonchev–Trinajstić information content (AvgIpc) is 3.03. The molecule has 25 heavy (non-hydrogen) atoms. The van der Waals surface area contributed by atoms with E-state index >= 15 is 0 Å². The van der Waals surface area contributed by atoms with Gasteiger partial charge in [-0.05, 0) is 18.8 Å². The molecule has 12 heteroatoms. The number of nitrogens with one attached hydrogen (secondary N) is 1. The Morgan fingerprint density at radius 1 is 1.52 bits per heavy atom. The molecule has 4 rings (SSSR count). The van der Waals surface area contributed by atoms with Gasteiger partial charge in [0, 0.05) is 41.1 Å². The predicted molar refractivity (Wildman–Crippen MR) is 95.8 cm³/mol. The number of aromatic nitrogens is 4. The zero-order valence-electron chi connectivity index (χ0n) is 13.2. The highest BCUT2D eigenvalue weighted by Gasteiger charge is 2.69. The van der Waals surface area contributed by atoms with Crippen molar-refractivity contribution >= 4 is 47.4 Å². The van der Waals surface area contributed by atoms with Crippen LogP contribution < -0.4 is 5.32 Å². The highest BCUT2D eigenvalue weighted by Crippen LogP contribution is 2.70. The Kier molecular flexibility index (Phi) is 4.09. The van der Waals surface area contributed by atoms with Gasteiger partial charge in [0.05, 0.1) is 19.0 Å². The Bertz CT molecular complexity index is 887. The number of imidazole rings is 1. The molecule has 2 saturated carbocycles. The number of aliphatic hydroxyl groups is 1. The van der Waals surface area contributed by atoms with Crippen LogP contribution in [-0.4, -0.2) is 54.2 Å². The summed E-state index contributed by atoms with van der Waals surface area (Å²) in [7, 11) is -2.87. The normalized spacial score (nSPS) is 31.3. The largest absolute Gasteiger partial charge is 0.469 e. The van der Waals surface area contributed by atoms with E-state index < -0.39 is 19.3 Å². The molecule has 0 amide bonds. The zero-order valence-corrected chi connectivity index (χ0v) is 16.3. The second-order valence-electron chi connectivity index (χ2n) is 6.50. The van der Waals surface area contributed by atoms with Gasteiger partial charge in [-0.25, -0.2) is 19.5 Å². The Labute approximate surface area is 156 Å². The fourth-order valence-corrected chi connectivity index (χ4v) is 5.17. The van der Waals surface area contributed by atoms with Gasteiger partial charge in [0.15, 0.2) is 20.8 Å². The molecular formula is C13H17IN5O5P. The number of nitrogens with zero attached hydrogens (tertiary/aromatic N) is 4. The number of phosphoric ester groups is 1. The van der Waals surface area contributed by atoms with E-state index in [-0.39, 0.29) is 18.6 Å². The first kappa shape index (κ1) is 17.6. The molecule has 2 heterocycles. The van der Waals surface area contributed by atoms with Crippen LogP contribution in [0.25, 0.3) is 11.2 Å². The minimum Gasteiger partial charge on any atom is -0.396 e. The maximum atomic E-state index is 11.3. The number of phosphoric acid groups is 1. The number of rotatable bonds is 5. The molecule has 2 aromatic heterocycles. The number of aliphatic hydroxyl groups excluding tert-OH is 1. The van der Waals surface area contributed by atoms with Crippen molar-refractivity contribution in [3.8, 4) is 0 Å². The van der Waals surface area contributed by atoms with Crippen molar-refractivity contribution in [2.75, 3.05) is 19.0 Å². The minimum absolute atomic E-state index is 0.0668. The molecule has 0 spiro atoms. The van der Waals surface area contributed by atoms with E-state index in [1.165, 1.54) is 0 Å². The first-order valence-electron chi connectivity index (χ1n) is 7.71. The SMILES string of the molecule is CNc1nc(I)nc2c1ncn2[C@H]1C[C@H](OP(=O)(O)O)C2(CO)C[C@H]12. The van der Waals surface area contributed by atoms with E-state index in [1.54, 1.807) is 13.4 Å². The average molecular weight is 481 g/mol. The molecule has 0 bridgehead atoms. The smallest absolute Gasteiger partial charge is 0.396 e. The lowest BCUT2D eigenvalue weighted by Gasteiger charge is -2.22. The number of fused-ring (bicyclic) bond motifs is 2. The van der Waals surface area contributed by atoms with Gasteiger partial charge >= 0.3 is 7.82 Å². The van der Waals surface area contributed by atoms with Crippen molar-refractivity contribution < 1.29 is 24.0 Å². The number of hydrogen-bond donors (Lipinski definition) is 4. The van der Waals surface area contributed by atoms with Crippen molar-refractivity contribution in [1.29, 1.82) is 0 Å². The number of halogens is 1. The highest BCUT2D eigenvalue weighted by molar-refractivity contribution is 14.1. The molecule has 2 aliphatic carbocycles. The third kappa shape index (κ3) is 2.77. The van der Waals surface area contributed by atoms with Gasteiger partial charge in [0.2, 0.25) is 0 Å². The lowest BCUT2D eigenvalue weighted by atomic mass is 10.0. The van der Waals surface area contributed by atoms with Crippen LogP contribution >= 0.6 is 30.4 Å². The fraction of sp³-hybridized carbons (Fsp3) is 0.615. The second-order valence-corrected chi connectivity index (χ2v) is 8.66. The van der Waals surface area contributed by atoms with Crippen molar-refractivity contribution in [3.63, 3.8) is 0 Å². The summed E-state index contributed by atoms with van der Waals surface area (Å²) in [6.45, 7) is -0.167. The van der Waals surface area contributed by atoms with Crippen LogP contribution in [0.15, 0.2) is 6.33 Å². The van der Waals surface area contributed by atoms with E-state index in [9.17, 15) is 19.5 Å². The summed E-state index contributed by atoms with van der Waals surface area (Å²) in [6, 6.07) is -0.0934. The summed E-state index contributed by atoms with van der Waals surface area (Å²) in [5, 5.41) is 12.8. The van der Waals surface area contributed by atoms with Gasteiger partial charge in [-0.15, -0.1) is 0 Å². The molecule has 0 saturated heterocycles. The molecule has 10 nitrogen and oxygen atoms in total. The van der Waals surface area contributed by atoms with E-state index in [1.807, 2.05) is 27.2 Å². The lowest BCUT2D eigenvalue weighted by molar-refractivity contribution is 0.0521. The van der Waals surface area contributed by atoms with Crippen molar-refractivity contribution in [3.05, 3.63) is 10.2 Å². The predicted octanol–water partition coefficient (Wildman–Crippen LogP) is 0.894. The third-order valence-electron chi connectivity index (χ3n) is 5.29. The van der Waals surface area contributed by atoms with Gasteiger partial charge in [0.1, 0.15) is 0 Å². The van der Waals surface area contributed by atoms with Crippen LogP contribution in [0.2, 0.25) is 0 Å². The van der Waals surface area contributed by atoms with Crippen LogP contribution in [0, 0.1) is 15.2 Å². The molecule has 4 N–H and O–H groups in total. The number of anilines is 1. The van der Waals surface area contributed by atoms with Crippen LogP contribution in [0.1, 0.15) is 18.9 Å². The molecule has 0 radical (unpaired) electrons. The van der Waals surface area contributed by atoms with Crippen molar-refractivity contribution in [2.24, 2.45) is 11.3 Å². The van der Waals surface area contributed by atoms with Gasteiger partial charge in [-0.2, -0.15) is 0 Å². The van der Waals surface area contributed by atoms with Crippen molar-refractivity contribution in [2.45, 2.75) is 25.0 Å². The van der Waals surface area contributed by atoms with Crippen molar-refractivity contribution in [1.82, 2.24) is 19.5 Å². The topological polar surface area (TPSA) is 143 Å². The fourth-order valence-electron chi connectivity index (χ4n) is 4.07. The molecule has 1 unspecified atom stereocenters. The maximum absolute atomic E-state index is 11.3. The second kappa shape index (κ2) is 5.83. The molecule has 2 aromatic rings. The van der Waals surface area contributed by atoms with Crippen LogP contribution in [0.4, 0.5) is 5.82 Å². The Balaban J connectivity index is 1.73. The van der Waals surface area contributed by atoms with E-state index in [0.717, 1.165) is 0 Å². The first-order valence-corrected chi connectivity index (χ1v) is 10.3. The standard InChI is InChI=1S/C13H17IN5O5P/c1-15-10-9-11(18-12(14)17-10)19(5-16-9)7-2-8(24-25(21,22)23)13(4-20)3-6(7)13/h5-8,20H,2-4H2,1H3,(H,15,17,18)(H2,21,22,23)/t6-,7+,8+,13?/m1/s1. The Hall–Kier alpha value is -0.850. The van der Waals surface area contributed by atoms with E-state index in [2.05, 4.69) is 20.3 Å². The van der Waals surface area contributed by atoms with Crippen LogP contribution in [0.3, 0.4) is 0 Å². The first-order chi connectivity index (χ1) is 11.8. The summed E-state index contributed by atoms with van der Waals surface area (Å²) < 4.78 is 18.7. The zero-order chi connectivity index (χ0) is 18.0. The van der Waals surface area contributed by atoms with E-state index in [4.69, 9.17) is 4.52 Å². The summed E-state index contributed by atoms with van der Waals surface area (Å²) in [6.07, 6.45) is 2.01. The van der Waals surface area contributed by atoms with Gasteiger partial charge in [0.25, 0.3) is 0 Å². The summed E-state index contributed by atoms with van der Waals surface area (Å²) >= 11 is 2.03. The molecule has 2 aliphatic rings. The van der Waals surface area contributed by atoms with Crippen LogP contribution in [-0.2, 0) is 9.09 Å².